The predicted octanol–water partition coefficient (Wildman–Crippen LogP) is 0.969. The van der Waals surface area contributed by atoms with Crippen LogP contribution in [-0.4, -0.2) is 53.1 Å². The first-order chi connectivity index (χ1) is 9.13. The molecule has 2 fully saturated rings. The molecule has 19 heavy (non-hydrogen) atoms. The van der Waals surface area contributed by atoms with Crippen molar-refractivity contribution in [3.63, 3.8) is 0 Å². The Morgan fingerprint density at radius 2 is 1.89 bits per heavy atom. The topological polar surface area (TPSA) is 57.7 Å². The van der Waals surface area contributed by atoms with E-state index < -0.39 is 0 Å². The maximum absolute atomic E-state index is 12.4. The average molecular weight is 266 g/mol. The molecule has 106 valence electrons. The van der Waals surface area contributed by atoms with Gasteiger partial charge in [0.1, 0.15) is 11.8 Å². The lowest BCUT2D eigenvalue weighted by Crippen LogP contribution is -2.50. The van der Waals surface area contributed by atoms with E-state index in [4.69, 9.17) is 0 Å². The second-order valence-electron chi connectivity index (χ2n) is 5.36. The van der Waals surface area contributed by atoms with Crippen molar-refractivity contribution < 1.29 is 14.4 Å². The number of hydrogen-bond donors (Lipinski definition) is 0. The summed E-state index contributed by atoms with van der Waals surface area (Å²) in [6, 6.07) is -0.285. The van der Waals surface area contributed by atoms with Crippen LogP contribution < -0.4 is 0 Å². The summed E-state index contributed by atoms with van der Waals surface area (Å²) in [5.41, 5.74) is 0. The van der Waals surface area contributed by atoms with Crippen molar-refractivity contribution in [3.8, 4) is 0 Å². The van der Waals surface area contributed by atoms with E-state index >= 15 is 0 Å². The Balaban J connectivity index is 1.97. The highest BCUT2D eigenvalue weighted by Gasteiger charge is 2.36. The molecule has 0 spiro atoms. The fraction of sp³-hybridized carbons (Fsp3) is 0.786. The van der Waals surface area contributed by atoms with E-state index in [2.05, 4.69) is 0 Å². The molecular weight excluding hydrogens is 244 g/mol. The van der Waals surface area contributed by atoms with Gasteiger partial charge in [-0.05, 0) is 19.3 Å². The van der Waals surface area contributed by atoms with Gasteiger partial charge in [-0.25, -0.2) is 0 Å². The number of nitrogens with zero attached hydrogens (tertiary/aromatic N) is 2. The maximum atomic E-state index is 12.4. The largest absolute Gasteiger partial charge is 0.340 e. The fourth-order valence-electron chi connectivity index (χ4n) is 2.87. The second kappa shape index (κ2) is 6.17. The van der Waals surface area contributed by atoms with E-state index in [1.165, 1.54) is 0 Å². The Morgan fingerprint density at radius 1 is 1.21 bits per heavy atom. The van der Waals surface area contributed by atoms with Crippen LogP contribution in [0.4, 0.5) is 0 Å². The third-order valence-corrected chi connectivity index (χ3v) is 3.95. The molecule has 0 bridgehead atoms. The first kappa shape index (κ1) is 14.0. The predicted molar refractivity (Wildman–Crippen MR) is 70.5 cm³/mol. The summed E-state index contributed by atoms with van der Waals surface area (Å²) < 4.78 is 0. The van der Waals surface area contributed by atoms with Crippen LogP contribution in [0.2, 0.25) is 0 Å². The van der Waals surface area contributed by atoms with E-state index in [0.717, 1.165) is 19.3 Å². The Morgan fingerprint density at radius 3 is 2.53 bits per heavy atom. The lowest BCUT2D eigenvalue weighted by atomic mass is 10.1. The molecule has 2 amide bonds. The summed E-state index contributed by atoms with van der Waals surface area (Å²) in [6.45, 7) is 3.71. The van der Waals surface area contributed by atoms with Gasteiger partial charge in [0.05, 0.1) is 0 Å². The normalized spacial score (nSPS) is 23.8. The molecule has 5 heteroatoms. The van der Waals surface area contributed by atoms with Crippen molar-refractivity contribution in [3.05, 3.63) is 0 Å². The third kappa shape index (κ3) is 3.14. The van der Waals surface area contributed by atoms with Crippen molar-refractivity contribution in [1.29, 1.82) is 0 Å². The minimum atomic E-state index is -0.285. The van der Waals surface area contributed by atoms with Gasteiger partial charge in [-0.1, -0.05) is 6.92 Å². The number of amides is 2. The molecule has 2 aliphatic rings. The number of piperidine rings is 1. The minimum absolute atomic E-state index is 0.0365. The smallest absolute Gasteiger partial charge is 0.245 e. The van der Waals surface area contributed by atoms with Crippen molar-refractivity contribution in [2.45, 2.75) is 51.5 Å². The number of Topliss-reactive ketones (excluding diaryl/α,β-unsaturated/α-hetero) is 1. The van der Waals surface area contributed by atoms with E-state index in [9.17, 15) is 14.4 Å². The summed E-state index contributed by atoms with van der Waals surface area (Å²) in [6.07, 6.45) is 3.91. The van der Waals surface area contributed by atoms with Gasteiger partial charge in [-0.3, -0.25) is 14.4 Å². The summed E-state index contributed by atoms with van der Waals surface area (Å²) in [5, 5.41) is 0. The lowest BCUT2D eigenvalue weighted by Gasteiger charge is -2.32. The Hall–Kier alpha value is -1.39. The molecule has 0 radical (unpaired) electrons. The lowest BCUT2D eigenvalue weighted by molar-refractivity contribution is -0.145. The SMILES string of the molecule is CCCC(=O)N1CCCC1C(=O)N1CCC(=O)CC1. The zero-order chi connectivity index (χ0) is 13.8. The number of likely N-dealkylation sites (tertiary alicyclic amines) is 2. The van der Waals surface area contributed by atoms with Crippen LogP contribution in [-0.2, 0) is 14.4 Å². The number of hydrogen-bond acceptors (Lipinski definition) is 3. The summed E-state index contributed by atoms with van der Waals surface area (Å²) in [5.74, 6) is 0.357. The van der Waals surface area contributed by atoms with Crippen molar-refractivity contribution >= 4 is 17.6 Å². The molecule has 2 saturated heterocycles. The fourth-order valence-corrected chi connectivity index (χ4v) is 2.87. The Labute approximate surface area is 113 Å². The molecule has 0 aromatic heterocycles. The number of carbonyl (C=O) groups excluding carboxylic acids is 3. The zero-order valence-corrected chi connectivity index (χ0v) is 11.6. The molecule has 5 nitrogen and oxygen atoms in total. The van der Waals surface area contributed by atoms with Crippen LogP contribution in [0.3, 0.4) is 0 Å². The van der Waals surface area contributed by atoms with E-state index in [-0.39, 0.29) is 23.6 Å². The molecule has 0 aromatic rings. The van der Waals surface area contributed by atoms with Crippen LogP contribution in [0.25, 0.3) is 0 Å². The molecule has 0 N–H and O–H groups in total. The van der Waals surface area contributed by atoms with Gasteiger partial charge < -0.3 is 9.80 Å². The summed E-state index contributed by atoms with van der Waals surface area (Å²) >= 11 is 0. The first-order valence-electron chi connectivity index (χ1n) is 7.23. The van der Waals surface area contributed by atoms with Gasteiger partial charge in [0.25, 0.3) is 0 Å². The number of rotatable bonds is 3. The molecule has 0 aromatic carbocycles. The van der Waals surface area contributed by atoms with Crippen molar-refractivity contribution in [2.24, 2.45) is 0 Å². The molecular formula is C14H22N2O3. The number of ketones is 1. The molecule has 2 heterocycles. The zero-order valence-electron chi connectivity index (χ0n) is 11.6. The van der Waals surface area contributed by atoms with E-state index in [1.54, 1.807) is 9.80 Å². The van der Waals surface area contributed by atoms with Gasteiger partial charge in [0.2, 0.25) is 11.8 Å². The van der Waals surface area contributed by atoms with Crippen LogP contribution >= 0.6 is 0 Å². The molecule has 1 atom stereocenters. The van der Waals surface area contributed by atoms with Crippen molar-refractivity contribution in [1.82, 2.24) is 9.80 Å². The van der Waals surface area contributed by atoms with Crippen molar-refractivity contribution in [2.75, 3.05) is 19.6 Å². The van der Waals surface area contributed by atoms with Gasteiger partial charge in [0.15, 0.2) is 0 Å². The highest BCUT2D eigenvalue weighted by atomic mass is 16.2. The van der Waals surface area contributed by atoms with Gasteiger partial charge in [-0.15, -0.1) is 0 Å². The Bertz CT molecular complexity index is 371. The minimum Gasteiger partial charge on any atom is -0.340 e. The second-order valence-corrected chi connectivity index (χ2v) is 5.36. The maximum Gasteiger partial charge on any atom is 0.245 e. The van der Waals surface area contributed by atoms with Gasteiger partial charge in [0, 0.05) is 38.9 Å². The third-order valence-electron chi connectivity index (χ3n) is 3.95. The van der Waals surface area contributed by atoms with E-state index in [0.29, 0.717) is 38.9 Å². The van der Waals surface area contributed by atoms with Crippen LogP contribution in [0, 0.1) is 0 Å². The molecule has 2 rings (SSSR count). The summed E-state index contributed by atoms with van der Waals surface area (Å²) in [4.78, 5) is 39.1. The van der Waals surface area contributed by atoms with E-state index in [1.807, 2.05) is 6.92 Å². The van der Waals surface area contributed by atoms with Crippen LogP contribution in [0.1, 0.15) is 45.4 Å². The van der Waals surface area contributed by atoms with Crippen LogP contribution in [0.15, 0.2) is 0 Å². The van der Waals surface area contributed by atoms with Crippen LogP contribution in [0.5, 0.6) is 0 Å². The average Bonchev–Trinajstić information content (AvgIpc) is 2.88. The quantitative estimate of drug-likeness (QED) is 0.765. The molecule has 2 aliphatic heterocycles. The molecule has 0 saturated carbocycles. The van der Waals surface area contributed by atoms with Gasteiger partial charge >= 0.3 is 0 Å². The standard InChI is InChI=1S/C14H22N2O3/c1-2-4-13(18)16-8-3-5-12(16)14(19)15-9-6-11(17)7-10-15/h12H,2-10H2,1H3. The summed E-state index contributed by atoms with van der Waals surface area (Å²) in [7, 11) is 0. The Kier molecular flexibility index (Phi) is 4.56. The monoisotopic (exact) mass is 266 g/mol. The van der Waals surface area contributed by atoms with Gasteiger partial charge in [-0.2, -0.15) is 0 Å². The molecule has 0 aliphatic carbocycles. The highest BCUT2D eigenvalue weighted by Crippen LogP contribution is 2.22. The highest BCUT2D eigenvalue weighted by molar-refractivity contribution is 5.89. The first-order valence-corrected chi connectivity index (χ1v) is 7.23. The molecule has 1 unspecified atom stereocenters. The number of carbonyl (C=O) groups is 3.